The number of carbonyl (C=O) groups is 1. The molecule has 2 rings (SSSR count). The number of nitrogens with zero attached hydrogens (tertiary/aromatic N) is 3. The molecule has 0 radical (unpaired) electrons. The Labute approximate surface area is 131 Å². The molecular formula is C14H24N4O3S. The molecule has 0 unspecified atom stereocenters. The summed E-state index contributed by atoms with van der Waals surface area (Å²) >= 11 is 0. The van der Waals surface area contributed by atoms with E-state index in [1.165, 1.54) is 10.6 Å². The molecule has 1 N–H and O–H groups in total. The predicted molar refractivity (Wildman–Crippen MR) is 83.6 cm³/mol. The highest BCUT2D eigenvalue weighted by Crippen LogP contribution is 2.20. The molecule has 22 heavy (non-hydrogen) atoms. The lowest BCUT2D eigenvalue weighted by Crippen LogP contribution is -2.45. The monoisotopic (exact) mass is 328 g/mol. The molecule has 0 bridgehead atoms. The summed E-state index contributed by atoms with van der Waals surface area (Å²) in [6.45, 7) is 5.44. The molecule has 0 aromatic carbocycles. The number of carbonyl (C=O) groups excluding carboxylic acids is 1. The van der Waals surface area contributed by atoms with Crippen LogP contribution in [0.4, 0.5) is 0 Å². The van der Waals surface area contributed by atoms with Crippen molar-refractivity contribution in [3.8, 4) is 0 Å². The van der Waals surface area contributed by atoms with Gasteiger partial charge in [-0.2, -0.15) is 5.10 Å². The van der Waals surface area contributed by atoms with E-state index in [-0.39, 0.29) is 24.4 Å². The Hall–Kier alpha value is -1.41. The summed E-state index contributed by atoms with van der Waals surface area (Å²) in [6, 6.07) is 1.70. The molecule has 0 saturated carbocycles. The molecule has 0 aliphatic carbocycles. The third kappa shape index (κ3) is 4.07. The first-order valence-corrected chi connectivity index (χ1v) is 9.45. The maximum atomic E-state index is 12.4. The fourth-order valence-electron chi connectivity index (χ4n) is 2.65. The van der Waals surface area contributed by atoms with Gasteiger partial charge in [0.25, 0.3) is 0 Å². The van der Waals surface area contributed by atoms with Crippen LogP contribution in [0.2, 0.25) is 0 Å². The number of sulfonamides is 1. The molecule has 0 spiro atoms. The summed E-state index contributed by atoms with van der Waals surface area (Å²) in [7, 11) is -3.24. The molecule has 8 heteroatoms. The van der Waals surface area contributed by atoms with Crippen molar-refractivity contribution in [1.82, 2.24) is 19.4 Å². The Morgan fingerprint density at radius 3 is 2.86 bits per heavy atom. The number of hydrogen-bond donors (Lipinski definition) is 1. The Morgan fingerprint density at radius 1 is 1.55 bits per heavy atom. The lowest BCUT2D eigenvalue weighted by atomic mass is 9.98. The lowest BCUT2D eigenvalue weighted by Gasteiger charge is -2.30. The second kappa shape index (κ2) is 6.78. The van der Waals surface area contributed by atoms with Crippen molar-refractivity contribution < 1.29 is 13.2 Å². The van der Waals surface area contributed by atoms with Gasteiger partial charge in [0.15, 0.2) is 0 Å². The highest BCUT2D eigenvalue weighted by Gasteiger charge is 2.30. The Bertz CT molecular complexity index is 626. The van der Waals surface area contributed by atoms with Crippen LogP contribution in [0, 0.1) is 5.92 Å². The number of amides is 1. The van der Waals surface area contributed by atoms with Crippen LogP contribution in [0.3, 0.4) is 0 Å². The molecule has 2 atom stereocenters. The normalized spacial score (nSPS) is 21.5. The van der Waals surface area contributed by atoms with E-state index >= 15 is 0 Å². The summed E-state index contributed by atoms with van der Waals surface area (Å²) in [5, 5.41) is 7.32. The van der Waals surface area contributed by atoms with Crippen LogP contribution < -0.4 is 5.32 Å². The Balaban J connectivity index is 1.96. The van der Waals surface area contributed by atoms with Crippen LogP contribution in [-0.4, -0.2) is 47.8 Å². The topological polar surface area (TPSA) is 84.3 Å². The fraction of sp³-hybridized carbons (Fsp3) is 0.714. The van der Waals surface area contributed by atoms with Crippen molar-refractivity contribution in [3.05, 3.63) is 18.0 Å². The molecule has 7 nitrogen and oxygen atoms in total. The van der Waals surface area contributed by atoms with Crippen molar-refractivity contribution in [3.63, 3.8) is 0 Å². The Kier molecular flexibility index (Phi) is 5.23. The van der Waals surface area contributed by atoms with Gasteiger partial charge < -0.3 is 5.32 Å². The highest BCUT2D eigenvalue weighted by atomic mass is 32.2. The van der Waals surface area contributed by atoms with Gasteiger partial charge in [-0.15, -0.1) is 0 Å². The number of piperidine rings is 1. The average molecular weight is 328 g/mol. The lowest BCUT2D eigenvalue weighted by molar-refractivity contribution is -0.126. The van der Waals surface area contributed by atoms with Crippen LogP contribution in [-0.2, 0) is 21.4 Å². The van der Waals surface area contributed by atoms with Crippen LogP contribution in [0.1, 0.15) is 38.4 Å². The third-order valence-corrected chi connectivity index (χ3v) is 5.28. The highest BCUT2D eigenvalue weighted by molar-refractivity contribution is 7.88. The minimum Gasteiger partial charge on any atom is -0.348 e. The second-order valence-electron chi connectivity index (χ2n) is 5.79. The molecule has 1 aromatic rings. The number of aryl methyl sites for hydroxylation is 1. The quantitative estimate of drug-likeness (QED) is 0.864. The van der Waals surface area contributed by atoms with Crippen molar-refractivity contribution >= 4 is 15.9 Å². The minimum atomic E-state index is -3.24. The molecule has 1 aromatic heterocycles. The van der Waals surface area contributed by atoms with Gasteiger partial charge in [-0.25, -0.2) is 12.7 Å². The number of aromatic nitrogens is 2. The van der Waals surface area contributed by atoms with E-state index in [1.807, 2.05) is 30.8 Å². The first kappa shape index (κ1) is 17.0. The molecule has 1 fully saturated rings. The fourth-order valence-corrected chi connectivity index (χ4v) is 3.56. The van der Waals surface area contributed by atoms with Crippen LogP contribution in [0.15, 0.2) is 12.3 Å². The Morgan fingerprint density at radius 2 is 2.27 bits per heavy atom. The summed E-state index contributed by atoms with van der Waals surface area (Å²) in [4.78, 5) is 12.4. The third-order valence-electron chi connectivity index (χ3n) is 4.01. The standard InChI is InChI=1S/C14H24N4O3S/c1-4-17-9-7-13(16-17)11(2)15-14(19)12-6-5-8-18(10-12)22(3,20)21/h7,9,11-12H,4-6,8,10H2,1-3H3,(H,15,19)/t11-,12-/m1/s1. The van der Waals surface area contributed by atoms with Gasteiger partial charge in [0.2, 0.25) is 15.9 Å². The summed E-state index contributed by atoms with van der Waals surface area (Å²) in [6.07, 6.45) is 4.50. The van der Waals surface area contributed by atoms with E-state index in [0.717, 1.165) is 12.2 Å². The zero-order valence-corrected chi connectivity index (χ0v) is 14.1. The van der Waals surface area contributed by atoms with E-state index in [1.54, 1.807) is 0 Å². The first-order chi connectivity index (χ1) is 10.3. The average Bonchev–Trinajstić information content (AvgIpc) is 2.95. The van der Waals surface area contributed by atoms with Gasteiger partial charge in [0.05, 0.1) is 23.9 Å². The van der Waals surface area contributed by atoms with Gasteiger partial charge in [-0.3, -0.25) is 9.48 Å². The SMILES string of the molecule is CCn1ccc([C@@H](C)NC(=O)[C@@H]2CCCN(S(C)(=O)=O)C2)n1. The van der Waals surface area contributed by atoms with Crippen LogP contribution >= 0.6 is 0 Å². The molecule has 1 amide bonds. The zero-order valence-electron chi connectivity index (χ0n) is 13.3. The van der Waals surface area contributed by atoms with Gasteiger partial charge >= 0.3 is 0 Å². The second-order valence-corrected chi connectivity index (χ2v) is 7.77. The molecule has 124 valence electrons. The van der Waals surface area contributed by atoms with Gasteiger partial charge in [0, 0.05) is 25.8 Å². The van der Waals surface area contributed by atoms with E-state index in [4.69, 9.17) is 0 Å². The first-order valence-electron chi connectivity index (χ1n) is 7.60. The maximum Gasteiger partial charge on any atom is 0.224 e. The van der Waals surface area contributed by atoms with E-state index in [0.29, 0.717) is 19.4 Å². The van der Waals surface area contributed by atoms with Crippen molar-refractivity contribution in [2.24, 2.45) is 5.92 Å². The summed E-state index contributed by atoms with van der Waals surface area (Å²) in [5.41, 5.74) is 0.811. The molecule has 1 saturated heterocycles. The molecule has 1 aliphatic heterocycles. The van der Waals surface area contributed by atoms with Gasteiger partial charge in [-0.1, -0.05) is 0 Å². The smallest absolute Gasteiger partial charge is 0.224 e. The van der Waals surface area contributed by atoms with Crippen molar-refractivity contribution in [2.75, 3.05) is 19.3 Å². The minimum absolute atomic E-state index is 0.105. The van der Waals surface area contributed by atoms with E-state index in [2.05, 4.69) is 10.4 Å². The molecule has 2 heterocycles. The molecule has 1 aliphatic rings. The van der Waals surface area contributed by atoms with E-state index < -0.39 is 10.0 Å². The predicted octanol–water partition coefficient (Wildman–Crippen LogP) is 0.752. The summed E-state index contributed by atoms with van der Waals surface area (Å²) < 4.78 is 26.4. The number of rotatable bonds is 5. The maximum absolute atomic E-state index is 12.4. The van der Waals surface area contributed by atoms with Crippen molar-refractivity contribution in [1.29, 1.82) is 0 Å². The molecular weight excluding hydrogens is 304 g/mol. The van der Waals surface area contributed by atoms with Crippen LogP contribution in [0.5, 0.6) is 0 Å². The summed E-state index contributed by atoms with van der Waals surface area (Å²) in [5.74, 6) is -0.397. The largest absolute Gasteiger partial charge is 0.348 e. The number of nitrogens with one attached hydrogen (secondary N) is 1. The van der Waals surface area contributed by atoms with Gasteiger partial charge in [-0.05, 0) is 32.8 Å². The van der Waals surface area contributed by atoms with E-state index in [9.17, 15) is 13.2 Å². The van der Waals surface area contributed by atoms with Crippen LogP contribution in [0.25, 0.3) is 0 Å². The number of hydrogen-bond acceptors (Lipinski definition) is 4. The van der Waals surface area contributed by atoms with Crippen molar-refractivity contribution in [2.45, 2.75) is 39.3 Å². The zero-order chi connectivity index (χ0) is 16.3. The van der Waals surface area contributed by atoms with Gasteiger partial charge in [0.1, 0.15) is 0 Å².